The highest BCUT2D eigenvalue weighted by molar-refractivity contribution is 5.81. The van der Waals surface area contributed by atoms with Gasteiger partial charge in [-0.25, -0.2) is 14.4 Å². The van der Waals surface area contributed by atoms with Crippen LogP contribution in [0.1, 0.15) is 58.2 Å². The summed E-state index contributed by atoms with van der Waals surface area (Å²) in [6.45, 7) is 10.4. The molecule has 0 radical (unpaired) electrons. The molecule has 11 heteroatoms. The van der Waals surface area contributed by atoms with Crippen LogP contribution < -0.4 is 10.1 Å². The summed E-state index contributed by atoms with van der Waals surface area (Å²) in [4.78, 5) is 52.2. The minimum Gasteiger partial charge on any atom is -0.492 e. The molecule has 3 aromatic carbocycles. The first-order chi connectivity index (χ1) is 22.7. The summed E-state index contributed by atoms with van der Waals surface area (Å²) < 4.78 is 27.5. The quantitative estimate of drug-likeness (QED) is 0.158. The Bertz CT molecular complexity index is 1460. The van der Waals surface area contributed by atoms with Gasteiger partial charge in [0.25, 0.3) is 0 Å². The Balaban J connectivity index is 1.61. The first kappa shape index (κ1) is 37.4. The van der Waals surface area contributed by atoms with Crippen molar-refractivity contribution in [2.45, 2.75) is 78.4 Å². The van der Waals surface area contributed by atoms with Crippen LogP contribution in [0.15, 0.2) is 84.9 Å². The Morgan fingerprint density at radius 1 is 0.688 bits per heavy atom. The van der Waals surface area contributed by atoms with Crippen LogP contribution in [0, 0.1) is 0 Å². The van der Waals surface area contributed by atoms with E-state index in [0.717, 1.165) is 16.7 Å². The predicted molar refractivity (Wildman–Crippen MR) is 179 cm³/mol. The summed E-state index contributed by atoms with van der Waals surface area (Å²) in [6, 6.07) is 24.4. The summed E-state index contributed by atoms with van der Waals surface area (Å²) in [7, 11) is 0. The molecular formula is C37H46N2O9. The van der Waals surface area contributed by atoms with Crippen LogP contribution in [0.5, 0.6) is 5.75 Å². The predicted octanol–water partition coefficient (Wildman–Crippen LogP) is 6.23. The highest BCUT2D eigenvalue weighted by atomic mass is 16.6. The van der Waals surface area contributed by atoms with Gasteiger partial charge in [-0.1, -0.05) is 72.8 Å². The van der Waals surface area contributed by atoms with E-state index in [9.17, 15) is 19.2 Å². The summed E-state index contributed by atoms with van der Waals surface area (Å²) in [6.07, 6.45) is -1.27. The number of hydrogen-bond acceptors (Lipinski definition) is 9. The summed E-state index contributed by atoms with van der Waals surface area (Å²) in [5, 5.41) is 2.64. The first-order valence-corrected chi connectivity index (χ1v) is 15.8. The van der Waals surface area contributed by atoms with E-state index >= 15 is 0 Å². The number of hydrogen-bond donors (Lipinski definition) is 1. The van der Waals surface area contributed by atoms with Gasteiger partial charge in [0.1, 0.15) is 49.4 Å². The molecule has 2 amide bonds. The van der Waals surface area contributed by atoms with Crippen LogP contribution in [-0.4, -0.2) is 66.0 Å². The summed E-state index contributed by atoms with van der Waals surface area (Å²) >= 11 is 0. The minimum atomic E-state index is -1.01. The van der Waals surface area contributed by atoms with Crippen molar-refractivity contribution in [3.63, 3.8) is 0 Å². The smallest absolute Gasteiger partial charge is 0.410 e. The molecule has 3 aromatic rings. The SMILES string of the molecule is CC(C)(C)OC(=O)CN(CCOc1ccc(C[C@H](NC(=O)OCc2ccccc2)C(=O)OCc2ccccc2)cc1)C(=O)OC(C)(C)C. The molecular weight excluding hydrogens is 616 g/mol. The lowest BCUT2D eigenvalue weighted by Gasteiger charge is -2.28. The van der Waals surface area contributed by atoms with E-state index < -0.39 is 41.4 Å². The van der Waals surface area contributed by atoms with Crippen LogP contribution in [-0.2, 0) is 48.2 Å². The molecule has 48 heavy (non-hydrogen) atoms. The monoisotopic (exact) mass is 662 g/mol. The molecule has 0 unspecified atom stereocenters. The number of carbonyl (C=O) groups is 4. The molecule has 0 bridgehead atoms. The van der Waals surface area contributed by atoms with Gasteiger partial charge >= 0.3 is 24.1 Å². The lowest BCUT2D eigenvalue weighted by atomic mass is 10.1. The van der Waals surface area contributed by atoms with E-state index in [-0.39, 0.29) is 39.3 Å². The summed E-state index contributed by atoms with van der Waals surface area (Å²) in [5.41, 5.74) is 0.899. The Morgan fingerprint density at radius 2 is 1.23 bits per heavy atom. The largest absolute Gasteiger partial charge is 0.492 e. The van der Waals surface area contributed by atoms with Crippen LogP contribution in [0.2, 0.25) is 0 Å². The van der Waals surface area contributed by atoms with Gasteiger partial charge < -0.3 is 29.0 Å². The Morgan fingerprint density at radius 3 is 1.77 bits per heavy atom. The molecule has 3 rings (SSSR count). The van der Waals surface area contributed by atoms with E-state index in [1.54, 1.807) is 65.8 Å². The van der Waals surface area contributed by atoms with Crippen molar-refractivity contribution >= 4 is 24.1 Å². The second-order valence-electron chi connectivity index (χ2n) is 13.0. The number of nitrogens with zero attached hydrogens (tertiary/aromatic N) is 1. The van der Waals surface area contributed by atoms with Crippen molar-refractivity contribution < 1.29 is 42.9 Å². The Kier molecular flexibility index (Phi) is 13.8. The van der Waals surface area contributed by atoms with Crippen LogP contribution in [0.4, 0.5) is 9.59 Å². The number of amides is 2. The maximum Gasteiger partial charge on any atom is 0.410 e. The molecule has 0 aliphatic heterocycles. The Hall–Kier alpha value is -5.06. The number of rotatable bonds is 14. The Labute approximate surface area is 282 Å². The molecule has 1 atom stereocenters. The molecule has 0 aromatic heterocycles. The number of carbonyl (C=O) groups excluding carboxylic acids is 4. The van der Waals surface area contributed by atoms with Gasteiger partial charge in [0.05, 0.1) is 6.54 Å². The number of esters is 2. The van der Waals surface area contributed by atoms with Gasteiger partial charge in [-0.2, -0.15) is 0 Å². The minimum absolute atomic E-state index is 0.0492. The van der Waals surface area contributed by atoms with Crippen molar-refractivity contribution in [1.29, 1.82) is 0 Å². The number of nitrogens with one attached hydrogen (secondary N) is 1. The maximum atomic E-state index is 13.1. The summed E-state index contributed by atoms with van der Waals surface area (Å²) in [5.74, 6) is -0.672. The zero-order chi connectivity index (χ0) is 35.2. The highest BCUT2D eigenvalue weighted by Crippen LogP contribution is 2.16. The van der Waals surface area contributed by atoms with Crippen LogP contribution in [0.25, 0.3) is 0 Å². The molecule has 258 valence electrons. The van der Waals surface area contributed by atoms with E-state index in [4.69, 9.17) is 23.7 Å². The molecule has 11 nitrogen and oxygen atoms in total. The second-order valence-corrected chi connectivity index (χ2v) is 13.0. The van der Waals surface area contributed by atoms with Gasteiger partial charge in [0.2, 0.25) is 0 Å². The van der Waals surface area contributed by atoms with E-state index in [1.807, 2.05) is 60.7 Å². The standard InChI is InChI=1S/C37H46N2O9/c1-36(2,3)47-32(40)24-39(35(43)48-37(4,5)6)21-22-44-30-19-17-27(18-20-30)23-31(33(41)45-25-28-13-9-7-10-14-28)38-34(42)46-26-29-15-11-8-12-16-29/h7-20,31H,21-26H2,1-6H3,(H,38,42)/t31-/m0/s1. The molecule has 1 N–H and O–H groups in total. The van der Waals surface area contributed by atoms with E-state index in [2.05, 4.69) is 5.32 Å². The molecule has 0 spiro atoms. The number of benzene rings is 3. The van der Waals surface area contributed by atoms with E-state index in [1.165, 1.54) is 4.90 Å². The topological polar surface area (TPSA) is 130 Å². The third-order valence-electron chi connectivity index (χ3n) is 6.40. The van der Waals surface area contributed by atoms with Crippen molar-refractivity contribution in [2.24, 2.45) is 0 Å². The average molecular weight is 663 g/mol. The normalized spacial score (nSPS) is 11.9. The zero-order valence-corrected chi connectivity index (χ0v) is 28.5. The van der Waals surface area contributed by atoms with Crippen molar-refractivity contribution in [2.75, 3.05) is 19.7 Å². The molecule has 0 saturated carbocycles. The zero-order valence-electron chi connectivity index (χ0n) is 28.5. The van der Waals surface area contributed by atoms with Crippen molar-refractivity contribution in [3.8, 4) is 5.75 Å². The van der Waals surface area contributed by atoms with Crippen molar-refractivity contribution in [3.05, 3.63) is 102 Å². The number of ether oxygens (including phenoxy) is 5. The molecule has 0 aliphatic carbocycles. The fourth-order valence-corrected chi connectivity index (χ4v) is 4.25. The fraction of sp³-hybridized carbons (Fsp3) is 0.405. The molecule has 0 aliphatic rings. The fourth-order valence-electron chi connectivity index (χ4n) is 4.25. The van der Waals surface area contributed by atoms with Gasteiger partial charge in [0.15, 0.2) is 0 Å². The third kappa shape index (κ3) is 14.6. The van der Waals surface area contributed by atoms with Gasteiger partial charge in [0, 0.05) is 6.42 Å². The maximum absolute atomic E-state index is 13.1. The second kappa shape index (κ2) is 17.7. The molecule has 0 heterocycles. The van der Waals surface area contributed by atoms with Gasteiger partial charge in [-0.05, 0) is 70.4 Å². The third-order valence-corrected chi connectivity index (χ3v) is 6.40. The lowest BCUT2D eigenvalue weighted by molar-refractivity contribution is -0.156. The van der Waals surface area contributed by atoms with Crippen LogP contribution in [0.3, 0.4) is 0 Å². The number of alkyl carbamates (subject to hydrolysis) is 1. The average Bonchev–Trinajstić information content (AvgIpc) is 3.02. The molecule has 0 fully saturated rings. The van der Waals surface area contributed by atoms with Crippen LogP contribution >= 0.6 is 0 Å². The lowest BCUT2D eigenvalue weighted by Crippen LogP contribution is -2.43. The highest BCUT2D eigenvalue weighted by Gasteiger charge is 2.27. The first-order valence-electron chi connectivity index (χ1n) is 15.8. The molecule has 0 saturated heterocycles. The van der Waals surface area contributed by atoms with Gasteiger partial charge in [-0.15, -0.1) is 0 Å². The van der Waals surface area contributed by atoms with E-state index in [0.29, 0.717) is 5.75 Å². The van der Waals surface area contributed by atoms with Gasteiger partial charge in [-0.3, -0.25) is 9.69 Å². The van der Waals surface area contributed by atoms with Crippen molar-refractivity contribution in [1.82, 2.24) is 10.2 Å².